The molecule has 0 aliphatic heterocycles. The van der Waals surface area contributed by atoms with Crippen molar-refractivity contribution in [1.82, 2.24) is 14.5 Å². The van der Waals surface area contributed by atoms with Crippen LogP contribution in [0, 0.1) is 6.92 Å². The summed E-state index contributed by atoms with van der Waals surface area (Å²) in [4.78, 5) is 8.60. The monoisotopic (exact) mass is 332 g/mol. The van der Waals surface area contributed by atoms with Gasteiger partial charge in [-0.25, -0.2) is 9.97 Å². The first kappa shape index (κ1) is 12.9. The van der Waals surface area contributed by atoms with Crippen molar-refractivity contribution in [1.29, 1.82) is 0 Å². The fourth-order valence-electron chi connectivity index (χ4n) is 1.89. The second-order valence-corrected chi connectivity index (χ2v) is 5.09. The average molecular weight is 333 g/mol. The third-order valence-electron chi connectivity index (χ3n) is 2.92. The molecule has 0 amide bonds. The summed E-state index contributed by atoms with van der Waals surface area (Å²) in [5.74, 6) is 2.64. The van der Waals surface area contributed by atoms with Crippen LogP contribution in [0.4, 0.5) is 5.69 Å². The number of furan rings is 1. The molecule has 0 aliphatic rings. The minimum Gasteiger partial charge on any atom is -0.452 e. The Kier molecular flexibility index (Phi) is 3.56. The van der Waals surface area contributed by atoms with Gasteiger partial charge in [0.1, 0.15) is 17.4 Å². The quantitative estimate of drug-likeness (QED) is 0.793. The van der Waals surface area contributed by atoms with Crippen molar-refractivity contribution in [3.63, 3.8) is 0 Å². The molecule has 0 unspecified atom stereocenters. The van der Waals surface area contributed by atoms with E-state index in [-0.39, 0.29) is 0 Å². The molecule has 20 heavy (non-hydrogen) atoms. The van der Waals surface area contributed by atoms with Crippen LogP contribution in [-0.4, -0.2) is 14.5 Å². The van der Waals surface area contributed by atoms with Gasteiger partial charge in [-0.1, -0.05) is 0 Å². The Morgan fingerprint density at radius 1 is 1.25 bits per heavy atom. The van der Waals surface area contributed by atoms with Crippen LogP contribution < -0.4 is 5.32 Å². The molecule has 0 bridgehead atoms. The van der Waals surface area contributed by atoms with Crippen molar-refractivity contribution in [2.24, 2.45) is 0 Å². The lowest BCUT2D eigenvalue weighted by Gasteiger charge is -2.07. The molecule has 0 aromatic carbocycles. The van der Waals surface area contributed by atoms with E-state index in [1.54, 1.807) is 12.4 Å². The summed E-state index contributed by atoms with van der Waals surface area (Å²) >= 11 is 3.28. The van der Waals surface area contributed by atoms with Gasteiger partial charge in [0.05, 0.1) is 18.4 Å². The van der Waals surface area contributed by atoms with Gasteiger partial charge in [-0.3, -0.25) is 4.57 Å². The Labute approximate surface area is 124 Å². The molecule has 0 spiro atoms. The van der Waals surface area contributed by atoms with Gasteiger partial charge in [0.25, 0.3) is 0 Å². The maximum atomic E-state index is 5.42. The van der Waals surface area contributed by atoms with Crippen LogP contribution in [0.5, 0.6) is 0 Å². The van der Waals surface area contributed by atoms with Crippen LogP contribution in [0.3, 0.4) is 0 Å². The molecule has 0 saturated carbocycles. The van der Waals surface area contributed by atoms with E-state index in [0.29, 0.717) is 6.54 Å². The minimum atomic E-state index is 0.622. The molecule has 0 saturated heterocycles. The van der Waals surface area contributed by atoms with E-state index < -0.39 is 0 Å². The van der Waals surface area contributed by atoms with Crippen molar-refractivity contribution < 1.29 is 4.42 Å². The van der Waals surface area contributed by atoms with Gasteiger partial charge < -0.3 is 9.73 Å². The molecule has 102 valence electrons. The van der Waals surface area contributed by atoms with Crippen LogP contribution in [0.2, 0.25) is 0 Å². The summed E-state index contributed by atoms with van der Waals surface area (Å²) in [5.41, 5.74) is 0.944. The fourth-order valence-corrected chi connectivity index (χ4v) is 2.23. The molecule has 5 nitrogen and oxygen atoms in total. The highest BCUT2D eigenvalue weighted by molar-refractivity contribution is 9.10. The Balaban J connectivity index is 1.69. The van der Waals surface area contributed by atoms with E-state index >= 15 is 0 Å². The van der Waals surface area contributed by atoms with Crippen molar-refractivity contribution in [2.45, 2.75) is 13.5 Å². The number of hydrogen-bond donors (Lipinski definition) is 1. The molecule has 1 N–H and O–H groups in total. The van der Waals surface area contributed by atoms with E-state index in [9.17, 15) is 0 Å². The van der Waals surface area contributed by atoms with Gasteiger partial charge in [0.2, 0.25) is 0 Å². The number of rotatable bonds is 4. The first-order valence-electron chi connectivity index (χ1n) is 6.17. The highest BCUT2D eigenvalue weighted by Crippen LogP contribution is 2.16. The van der Waals surface area contributed by atoms with Crippen LogP contribution in [0.1, 0.15) is 11.6 Å². The number of imidazole rings is 1. The molecule has 6 heteroatoms. The van der Waals surface area contributed by atoms with Crippen molar-refractivity contribution in [3.05, 3.63) is 59.1 Å². The number of hydrogen-bond acceptors (Lipinski definition) is 4. The molecule has 0 radical (unpaired) electrons. The van der Waals surface area contributed by atoms with Gasteiger partial charge in [-0.15, -0.1) is 0 Å². The maximum Gasteiger partial charge on any atom is 0.169 e. The first-order chi connectivity index (χ1) is 9.72. The van der Waals surface area contributed by atoms with Crippen LogP contribution in [0.25, 0.3) is 5.82 Å². The second kappa shape index (κ2) is 5.50. The predicted octanol–water partition coefficient (Wildman–Crippen LogP) is 3.54. The number of pyridine rings is 1. The minimum absolute atomic E-state index is 0.622. The Bertz CT molecular complexity index is 702. The SMILES string of the molecule is Cc1nccn1-c1ccc(NCc2ccc(Br)o2)cn1. The fraction of sp³-hybridized carbons (Fsp3) is 0.143. The second-order valence-electron chi connectivity index (χ2n) is 4.31. The number of aromatic nitrogens is 3. The van der Waals surface area contributed by atoms with Gasteiger partial charge >= 0.3 is 0 Å². The topological polar surface area (TPSA) is 55.9 Å². The lowest BCUT2D eigenvalue weighted by Crippen LogP contribution is -2.01. The molecule has 3 heterocycles. The van der Waals surface area contributed by atoms with Crippen molar-refractivity contribution in [3.8, 4) is 5.82 Å². The van der Waals surface area contributed by atoms with E-state index in [4.69, 9.17) is 4.42 Å². The number of nitrogens with zero attached hydrogens (tertiary/aromatic N) is 3. The average Bonchev–Trinajstić information content (AvgIpc) is 3.06. The zero-order valence-electron chi connectivity index (χ0n) is 10.9. The van der Waals surface area contributed by atoms with E-state index in [2.05, 4.69) is 31.2 Å². The van der Waals surface area contributed by atoms with Gasteiger partial charge in [0.15, 0.2) is 4.67 Å². The van der Waals surface area contributed by atoms with E-state index in [0.717, 1.165) is 27.8 Å². The summed E-state index contributed by atoms with van der Waals surface area (Å²) < 4.78 is 8.10. The standard InChI is InChI=1S/C14H13BrN4O/c1-10-16-6-7-19(10)14-5-2-11(8-18-14)17-9-12-3-4-13(15)20-12/h2-8,17H,9H2,1H3. The molecular weight excluding hydrogens is 320 g/mol. The summed E-state index contributed by atoms with van der Waals surface area (Å²) in [7, 11) is 0. The maximum absolute atomic E-state index is 5.42. The molecule has 3 aromatic rings. The molecule has 0 fully saturated rings. The summed E-state index contributed by atoms with van der Waals surface area (Å²) in [5, 5.41) is 3.26. The highest BCUT2D eigenvalue weighted by atomic mass is 79.9. The normalized spacial score (nSPS) is 10.7. The highest BCUT2D eigenvalue weighted by Gasteiger charge is 2.03. The third-order valence-corrected chi connectivity index (χ3v) is 3.34. The van der Waals surface area contributed by atoms with Gasteiger partial charge in [0, 0.05) is 12.4 Å². The third kappa shape index (κ3) is 2.75. The number of aryl methyl sites for hydroxylation is 1. The molecular formula is C14H13BrN4O. The molecule has 0 atom stereocenters. The van der Waals surface area contributed by atoms with Gasteiger partial charge in [-0.2, -0.15) is 0 Å². The van der Waals surface area contributed by atoms with Crippen LogP contribution in [0.15, 0.2) is 51.9 Å². The van der Waals surface area contributed by atoms with E-state index in [1.807, 2.05) is 42.0 Å². The summed E-state index contributed by atoms with van der Waals surface area (Å²) in [6, 6.07) is 7.74. The largest absolute Gasteiger partial charge is 0.452 e. The predicted molar refractivity (Wildman–Crippen MR) is 79.8 cm³/mol. The first-order valence-corrected chi connectivity index (χ1v) is 6.96. The summed E-state index contributed by atoms with van der Waals surface area (Å²) in [6.07, 6.45) is 5.45. The molecule has 0 aliphatic carbocycles. The molecule has 3 aromatic heterocycles. The van der Waals surface area contributed by atoms with Crippen molar-refractivity contribution in [2.75, 3.05) is 5.32 Å². The number of halogens is 1. The lowest BCUT2D eigenvalue weighted by molar-refractivity contribution is 0.495. The summed E-state index contributed by atoms with van der Waals surface area (Å²) in [6.45, 7) is 2.57. The zero-order valence-corrected chi connectivity index (χ0v) is 12.5. The molecule has 3 rings (SSSR count). The number of nitrogens with one attached hydrogen (secondary N) is 1. The smallest absolute Gasteiger partial charge is 0.169 e. The van der Waals surface area contributed by atoms with E-state index in [1.165, 1.54) is 0 Å². The van der Waals surface area contributed by atoms with Gasteiger partial charge in [-0.05, 0) is 47.1 Å². The zero-order chi connectivity index (χ0) is 13.9. The van der Waals surface area contributed by atoms with Crippen molar-refractivity contribution >= 4 is 21.6 Å². The number of anilines is 1. The Morgan fingerprint density at radius 3 is 2.75 bits per heavy atom. The lowest BCUT2D eigenvalue weighted by atomic mass is 10.3. The van der Waals surface area contributed by atoms with Crippen LogP contribution >= 0.6 is 15.9 Å². The Morgan fingerprint density at radius 2 is 2.15 bits per heavy atom. The Hall–Kier alpha value is -2.08. The van der Waals surface area contributed by atoms with Crippen LogP contribution in [-0.2, 0) is 6.54 Å².